The van der Waals surface area contributed by atoms with Gasteiger partial charge in [-0.15, -0.1) is 0 Å². The molecule has 3 N–H and O–H groups in total. The SMILES string of the molecule is NC(=O)c1[nH]cnc1OS(=O)(=O)c1ccc(Cl)cc1. The molecule has 1 aromatic carbocycles. The molecule has 1 amide bonds. The van der Waals surface area contributed by atoms with Crippen LogP contribution in [-0.2, 0) is 10.1 Å². The fourth-order valence-electron chi connectivity index (χ4n) is 1.27. The first kappa shape index (κ1) is 13.4. The van der Waals surface area contributed by atoms with E-state index in [-0.39, 0.29) is 10.6 Å². The van der Waals surface area contributed by atoms with Gasteiger partial charge in [0.2, 0.25) is 0 Å². The van der Waals surface area contributed by atoms with E-state index in [1.165, 1.54) is 24.3 Å². The van der Waals surface area contributed by atoms with Gasteiger partial charge in [-0.2, -0.15) is 8.42 Å². The summed E-state index contributed by atoms with van der Waals surface area (Å²) in [6.45, 7) is 0. The monoisotopic (exact) mass is 301 g/mol. The largest absolute Gasteiger partial charge is 0.364 e. The van der Waals surface area contributed by atoms with Crippen LogP contribution in [0.3, 0.4) is 0 Å². The van der Waals surface area contributed by atoms with Crippen LogP contribution < -0.4 is 9.92 Å². The van der Waals surface area contributed by atoms with Crippen LogP contribution >= 0.6 is 11.6 Å². The van der Waals surface area contributed by atoms with Gasteiger partial charge in [-0.05, 0) is 24.3 Å². The molecule has 9 heteroatoms. The average molecular weight is 302 g/mol. The zero-order chi connectivity index (χ0) is 14.0. The number of hydrogen-bond acceptors (Lipinski definition) is 5. The number of rotatable bonds is 4. The highest BCUT2D eigenvalue weighted by molar-refractivity contribution is 7.87. The molecule has 1 heterocycles. The molecule has 100 valence electrons. The van der Waals surface area contributed by atoms with E-state index in [2.05, 4.69) is 9.97 Å². The number of amides is 1. The number of nitrogens with one attached hydrogen (secondary N) is 1. The lowest BCUT2D eigenvalue weighted by Crippen LogP contribution is -2.16. The number of carbonyl (C=O) groups is 1. The van der Waals surface area contributed by atoms with Crippen LogP contribution in [0.1, 0.15) is 10.5 Å². The highest BCUT2D eigenvalue weighted by Crippen LogP contribution is 2.20. The van der Waals surface area contributed by atoms with Gasteiger partial charge in [0.05, 0.1) is 6.33 Å². The predicted octanol–water partition coefficient (Wildman–Crippen LogP) is 0.930. The molecule has 0 spiro atoms. The molecule has 0 fully saturated rings. The van der Waals surface area contributed by atoms with Gasteiger partial charge in [-0.3, -0.25) is 4.79 Å². The van der Waals surface area contributed by atoms with E-state index < -0.39 is 21.9 Å². The first-order valence-corrected chi connectivity index (χ1v) is 6.72. The van der Waals surface area contributed by atoms with Crippen LogP contribution in [0.5, 0.6) is 5.88 Å². The Balaban J connectivity index is 2.34. The van der Waals surface area contributed by atoms with Crippen LogP contribution in [-0.4, -0.2) is 24.3 Å². The van der Waals surface area contributed by atoms with Crippen LogP contribution in [0.15, 0.2) is 35.5 Å². The van der Waals surface area contributed by atoms with Crippen molar-refractivity contribution in [3.8, 4) is 5.88 Å². The lowest BCUT2D eigenvalue weighted by molar-refractivity contribution is 0.0994. The Morgan fingerprint density at radius 1 is 1.32 bits per heavy atom. The molecule has 0 unspecified atom stereocenters. The number of H-pyrrole nitrogens is 1. The van der Waals surface area contributed by atoms with Crippen LogP contribution in [0, 0.1) is 0 Å². The number of nitrogens with zero attached hydrogens (tertiary/aromatic N) is 1. The number of imidazole rings is 1. The Morgan fingerprint density at radius 3 is 2.53 bits per heavy atom. The van der Waals surface area contributed by atoms with E-state index >= 15 is 0 Å². The summed E-state index contributed by atoms with van der Waals surface area (Å²) in [5.74, 6) is -1.28. The lowest BCUT2D eigenvalue weighted by atomic mass is 10.4. The number of halogens is 1. The van der Waals surface area contributed by atoms with Crippen LogP contribution in [0.25, 0.3) is 0 Å². The zero-order valence-corrected chi connectivity index (χ0v) is 10.9. The second-order valence-electron chi connectivity index (χ2n) is 3.44. The standard InChI is InChI=1S/C10H8ClN3O4S/c11-6-1-3-7(4-2-6)19(16,17)18-10-8(9(12)15)13-5-14-10/h1-5H,(H2,12,15)(H,13,14). The first-order chi connectivity index (χ1) is 8.90. The molecule has 0 aliphatic carbocycles. The summed E-state index contributed by atoms with van der Waals surface area (Å²) in [6, 6.07) is 5.34. The third kappa shape index (κ3) is 2.85. The lowest BCUT2D eigenvalue weighted by Gasteiger charge is -2.05. The smallest absolute Gasteiger partial charge is 0.340 e. The number of aromatic nitrogens is 2. The molecule has 1 aromatic heterocycles. The minimum absolute atomic E-state index is 0.115. The number of aromatic amines is 1. The summed E-state index contributed by atoms with van der Waals surface area (Å²) in [4.78, 5) is 16.9. The minimum atomic E-state index is -4.10. The third-order valence-corrected chi connectivity index (χ3v) is 3.62. The first-order valence-electron chi connectivity index (χ1n) is 4.93. The second kappa shape index (κ2) is 4.90. The van der Waals surface area contributed by atoms with Crippen molar-refractivity contribution in [3.05, 3.63) is 41.3 Å². The highest BCUT2D eigenvalue weighted by Gasteiger charge is 2.22. The van der Waals surface area contributed by atoms with E-state index in [9.17, 15) is 13.2 Å². The molecule has 0 saturated heterocycles. The third-order valence-electron chi connectivity index (χ3n) is 2.14. The molecule has 19 heavy (non-hydrogen) atoms. The van der Waals surface area contributed by atoms with Crippen molar-refractivity contribution in [1.29, 1.82) is 0 Å². The predicted molar refractivity (Wildman–Crippen MR) is 66.4 cm³/mol. The summed E-state index contributed by atoms with van der Waals surface area (Å²) >= 11 is 5.66. The normalized spacial score (nSPS) is 11.2. The van der Waals surface area contributed by atoms with E-state index in [1.807, 2.05) is 0 Å². The maximum Gasteiger partial charge on any atom is 0.340 e. The van der Waals surface area contributed by atoms with Gasteiger partial charge in [0.15, 0.2) is 5.69 Å². The van der Waals surface area contributed by atoms with Gasteiger partial charge >= 0.3 is 10.1 Å². The maximum absolute atomic E-state index is 11.9. The topological polar surface area (TPSA) is 115 Å². The zero-order valence-electron chi connectivity index (χ0n) is 9.33. The van der Waals surface area contributed by atoms with E-state index in [0.29, 0.717) is 5.02 Å². The second-order valence-corrected chi connectivity index (χ2v) is 5.42. The number of primary amides is 1. The minimum Gasteiger partial charge on any atom is -0.364 e. The molecule has 0 atom stereocenters. The fraction of sp³-hybridized carbons (Fsp3) is 0. The number of hydrogen-bond donors (Lipinski definition) is 2. The van der Waals surface area contributed by atoms with Gasteiger partial charge in [-0.25, -0.2) is 4.98 Å². The van der Waals surface area contributed by atoms with Crippen molar-refractivity contribution in [2.75, 3.05) is 0 Å². The van der Waals surface area contributed by atoms with Gasteiger partial charge < -0.3 is 14.9 Å². The summed E-state index contributed by atoms with van der Waals surface area (Å²) in [5, 5.41) is 0.386. The van der Waals surface area contributed by atoms with Crippen molar-refractivity contribution >= 4 is 27.6 Å². The summed E-state index contributed by atoms with van der Waals surface area (Å²) < 4.78 is 28.6. The van der Waals surface area contributed by atoms with E-state index in [0.717, 1.165) is 6.33 Å². The van der Waals surface area contributed by atoms with Crippen molar-refractivity contribution in [2.24, 2.45) is 5.73 Å². The van der Waals surface area contributed by atoms with Crippen molar-refractivity contribution < 1.29 is 17.4 Å². The highest BCUT2D eigenvalue weighted by atomic mass is 35.5. The molecule has 2 rings (SSSR count). The molecule has 0 bridgehead atoms. The summed E-state index contributed by atoms with van der Waals surface area (Å²) in [6.07, 6.45) is 1.10. The molecule has 0 aliphatic rings. The molecule has 0 saturated carbocycles. The molecular weight excluding hydrogens is 294 g/mol. The van der Waals surface area contributed by atoms with E-state index in [1.54, 1.807) is 0 Å². The van der Waals surface area contributed by atoms with Crippen molar-refractivity contribution in [1.82, 2.24) is 9.97 Å². The molecular formula is C10H8ClN3O4S. The maximum atomic E-state index is 11.9. The molecule has 0 aliphatic heterocycles. The van der Waals surface area contributed by atoms with E-state index in [4.69, 9.17) is 21.5 Å². The Labute approximate surface area is 113 Å². The van der Waals surface area contributed by atoms with Crippen LogP contribution in [0.4, 0.5) is 0 Å². The summed E-state index contributed by atoms with van der Waals surface area (Å²) in [5.41, 5.74) is 4.81. The molecule has 0 radical (unpaired) electrons. The molecule has 2 aromatic rings. The van der Waals surface area contributed by atoms with Crippen LogP contribution in [0.2, 0.25) is 5.02 Å². The van der Waals surface area contributed by atoms with Gasteiger partial charge in [0, 0.05) is 5.02 Å². The van der Waals surface area contributed by atoms with Crippen molar-refractivity contribution in [2.45, 2.75) is 4.90 Å². The Hall–Kier alpha value is -2.06. The Bertz CT molecular complexity index is 709. The Morgan fingerprint density at radius 2 is 1.95 bits per heavy atom. The number of benzene rings is 1. The van der Waals surface area contributed by atoms with Gasteiger partial charge in [0.25, 0.3) is 11.8 Å². The molecule has 7 nitrogen and oxygen atoms in total. The number of nitrogens with two attached hydrogens (primary N) is 1. The van der Waals surface area contributed by atoms with Gasteiger partial charge in [0.1, 0.15) is 4.90 Å². The fourth-order valence-corrected chi connectivity index (χ4v) is 2.30. The summed E-state index contributed by atoms with van der Waals surface area (Å²) in [7, 11) is -4.10. The average Bonchev–Trinajstić information content (AvgIpc) is 2.77. The quantitative estimate of drug-likeness (QED) is 0.815. The van der Waals surface area contributed by atoms with Gasteiger partial charge in [-0.1, -0.05) is 11.6 Å². The van der Waals surface area contributed by atoms with Crippen molar-refractivity contribution in [3.63, 3.8) is 0 Å². The number of carbonyl (C=O) groups excluding carboxylic acids is 1. The Kier molecular flexibility index (Phi) is 3.45.